The molecule has 0 radical (unpaired) electrons. The van der Waals surface area contributed by atoms with Crippen LogP contribution in [-0.4, -0.2) is 16.0 Å². The van der Waals surface area contributed by atoms with Gasteiger partial charge in [-0.05, 0) is 44.9 Å². The van der Waals surface area contributed by atoms with Crippen molar-refractivity contribution < 1.29 is 5.11 Å². The molecule has 0 saturated heterocycles. The average Bonchev–Trinajstić information content (AvgIpc) is 2.94. The van der Waals surface area contributed by atoms with Crippen molar-refractivity contribution in [2.75, 3.05) is 0 Å². The lowest BCUT2D eigenvalue weighted by atomic mass is 9.99. The molecule has 0 bridgehead atoms. The topological polar surface area (TPSA) is 20.2 Å². The van der Waals surface area contributed by atoms with E-state index in [1.165, 1.54) is 25.7 Å². The van der Waals surface area contributed by atoms with Gasteiger partial charge in [0.2, 0.25) is 0 Å². The highest BCUT2D eigenvalue weighted by atomic mass is 79.9. The van der Waals surface area contributed by atoms with Gasteiger partial charge in [-0.2, -0.15) is 0 Å². The molecule has 82 valence electrons. The number of alkyl halides is 1. The molecule has 0 spiro atoms. The predicted octanol–water partition coefficient (Wildman–Crippen LogP) is 3.66. The fourth-order valence-corrected chi connectivity index (χ4v) is 1.71. The Bertz CT molecular complexity index is 192. The van der Waals surface area contributed by atoms with Gasteiger partial charge in [-0.25, -0.2) is 0 Å². The van der Waals surface area contributed by atoms with Crippen molar-refractivity contribution in [1.82, 2.24) is 0 Å². The zero-order valence-corrected chi connectivity index (χ0v) is 10.8. The van der Waals surface area contributed by atoms with Gasteiger partial charge in [0.25, 0.3) is 0 Å². The Labute approximate surface area is 95.7 Å². The van der Waals surface area contributed by atoms with Crippen molar-refractivity contribution in [3.63, 3.8) is 0 Å². The van der Waals surface area contributed by atoms with E-state index in [0.29, 0.717) is 0 Å². The third-order valence-electron chi connectivity index (χ3n) is 2.81. The van der Waals surface area contributed by atoms with E-state index in [-0.39, 0.29) is 10.9 Å². The van der Waals surface area contributed by atoms with Gasteiger partial charge in [-0.1, -0.05) is 34.5 Å². The van der Waals surface area contributed by atoms with Gasteiger partial charge in [-0.3, -0.25) is 0 Å². The SMILES string of the molecule is CC(CC=C1CC1)CCC(Br)C(C)O. The van der Waals surface area contributed by atoms with Crippen LogP contribution < -0.4 is 0 Å². The molecule has 1 N–H and O–H groups in total. The van der Waals surface area contributed by atoms with E-state index in [9.17, 15) is 5.11 Å². The van der Waals surface area contributed by atoms with E-state index >= 15 is 0 Å². The molecule has 0 aromatic carbocycles. The molecule has 1 fully saturated rings. The summed E-state index contributed by atoms with van der Waals surface area (Å²) in [4.78, 5) is 0.263. The normalized spacial score (nSPS) is 21.6. The molecule has 14 heavy (non-hydrogen) atoms. The lowest BCUT2D eigenvalue weighted by Crippen LogP contribution is -2.16. The Kier molecular flexibility index (Phi) is 5.18. The van der Waals surface area contributed by atoms with Gasteiger partial charge in [-0.15, -0.1) is 0 Å². The minimum Gasteiger partial charge on any atom is -0.392 e. The van der Waals surface area contributed by atoms with Crippen molar-refractivity contribution >= 4 is 15.9 Å². The highest BCUT2D eigenvalue weighted by molar-refractivity contribution is 9.09. The number of aliphatic hydroxyl groups excluding tert-OH is 1. The van der Waals surface area contributed by atoms with Gasteiger partial charge < -0.3 is 5.11 Å². The first kappa shape index (κ1) is 12.3. The Balaban J connectivity index is 2.07. The highest BCUT2D eigenvalue weighted by Crippen LogP contribution is 2.29. The molecule has 0 aromatic heterocycles. The molecule has 0 aliphatic heterocycles. The third kappa shape index (κ3) is 5.16. The van der Waals surface area contributed by atoms with Crippen molar-refractivity contribution in [2.45, 2.75) is 56.9 Å². The first-order chi connectivity index (χ1) is 6.59. The fourth-order valence-electron chi connectivity index (χ4n) is 1.45. The molecule has 1 aliphatic rings. The first-order valence-corrected chi connectivity index (χ1v) is 6.51. The van der Waals surface area contributed by atoms with E-state index in [1.807, 2.05) is 6.92 Å². The Morgan fingerprint density at radius 2 is 2.00 bits per heavy atom. The zero-order chi connectivity index (χ0) is 10.6. The summed E-state index contributed by atoms with van der Waals surface area (Å²) in [7, 11) is 0. The summed E-state index contributed by atoms with van der Waals surface area (Å²) in [5, 5.41) is 9.30. The van der Waals surface area contributed by atoms with Crippen LogP contribution >= 0.6 is 15.9 Å². The van der Waals surface area contributed by atoms with E-state index in [0.717, 1.165) is 12.3 Å². The van der Waals surface area contributed by atoms with Crippen LogP contribution in [0.4, 0.5) is 0 Å². The third-order valence-corrected chi connectivity index (χ3v) is 4.03. The van der Waals surface area contributed by atoms with Crippen LogP contribution in [0.15, 0.2) is 11.6 Å². The Morgan fingerprint density at radius 1 is 1.36 bits per heavy atom. The van der Waals surface area contributed by atoms with Crippen LogP contribution in [0.25, 0.3) is 0 Å². The minimum atomic E-state index is -0.232. The number of aliphatic hydroxyl groups is 1. The number of halogens is 1. The van der Waals surface area contributed by atoms with Crippen LogP contribution in [0.2, 0.25) is 0 Å². The molecule has 1 aliphatic carbocycles. The van der Waals surface area contributed by atoms with Crippen molar-refractivity contribution in [1.29, 1.82) is 0 Å². The summed E-state index contributed by atoms with van der Waals surface area (Å²) >= 11 is 3.50. The van der Waals surface area contributed by atoms with Crippen molar-refractivity contribution in [3.8, 4) is 0 Å². The largest absolute Gasteiger partial charge is 0.392 e. The maximum absolute atomic E-state index is 9.30. The second-order valence-corrected chi connectivity index (χ2v) is 5.71. The molecule has 0 heterocycles. The standard InChI is InChI=1S/C12H21BrO/c1-9(3-5-11-6-7-11)4-8-12(13)10(2)14/h5,9-10,12,14H,3-4,6-8H2,1-2H3. The molecule has 2 heteroatoms. The number of allylic oxidation sites excluding steroid dienone is 2. The molecule has 1 rings (SSSR count). The molecule has 1 saturated carbocycles. The summed E-state index contributed by atoms with van der Waals surface area (Å²) in [5.41, 5.74) is 1.64. The Morgan fingerprint density at radius 3 is 2.50 bits per heavy atom. The first-order valence-electron chi connectivity index (χ1n) is 5.59. The van der Waals surface area contributed by atoms with Crippen molar-refractivity contribution in [2.24, 2.45) is 5.92 Å². The summed E-state index contributed by atoms with van der Waals surface area (Å²) in [6, 6.07) is 0. The molecular formula is C12H21BrO. The van der Waals surface area contributed by atoms with Crippen LogP contribution in [0.1, 0.15) is 46.0 Å². The monoisotopic (exact) mass is 260 g/mol. The fraction of sp³-hybridized carbons (Fsp3) is 0.833. The lowest BCUT2D eigenvalue weighted by Gasteiger charge is -2.15. The summed E-state index contributed by atoms with van der Waals surface area (Å²) in [6.07, 6.45) is 8.32. The van der Waals surface area contributed by atoms with Gasteiger partial charge in [0.15, 0.2) is 0 Å². The quantitative estimate of drug-likeness (QED) is 0.571. The minimum absolute atomic E-state index is 0.232. The van der Waals surface area contributed by atoms with Gasteiger partial charge in [0, 0.05) is 4.83 Å². The number of hydrogen-bond acceptors (Lipinski definition) is 1. The lowest BCUT2D eigenvalue weighted by molar-refractivity contribution is 0.187. The van der Waals surface area contributed by atoms with Crippen molar-refractivity contribution in [3.05, 3.63) is 11.6 Å². The number of rotatable bonds is 6. The van der Waals surface area contributed by atoms with E-state index < -0.39 is 0 Å². The molecule has 3 atom stereocenters. The summed E-state index contributed by atoms with van der Waals surface area (Å²) in [5.74, 6) is 0.752. The second kappa shape index (κ2) is 5.92. The second-order valence-electron chi connectivity index (χ2n) is 4.54. The van der Waals surface area contributed by atoms with Gasteiger partial charge in [0.1, 0.15) is 0 Å². The predicted molar refractivity (Wildman–Crippen MR) is 64.7 cm³/mol. The smallest absolute Gasteiger partial charge is 0.0637 e. The highest BCUT2D eigenvalue weighted by Gasteiger charge is 2.13. The Hall–Kier alpha value is 0.180. The maximum Gasteiger partial charge on any atom is 0.0637 e. The molecule has 0 amide bonds. The average molecular weight is 261 g/mol. The van der Waals surface area contributed by atoms with Crippen LogP contribution in [0, 0.1) is 5.92 Å². The van der Waals surface area contributed by atoms with E-state index in [1.54, 1.807) is 5.57 Å². The van der Waals surface area contributed by atoms with Crippen LogP contribution in [0.5, 0.6) is 0 Å². The van der Waals surface area contributed by atoms with E-state index in [2.05, 4.69) is 28.9 Å². The summed E-state index contributed by atoms with van der Waals surface area (Å²) < 4.78 is 0. The maximum atomic E-state index is 9.30. The van der Waals surface area contributed by atoms with Gasteiger partial charge in [0.05, 0.1) is 6.10 Å². The van der Waals surface area contributed by atoms with Crippen LogP contribution in [0.3, 0.4) is 0 Å². The van der Waals surface area contributed by atoms with Gasteiger partial charge >= 0.3 is 0 Å². The molecule has 3 unspecified atom stereocenters. The molecule has 0 aromatic rings. The van der Waals surface area contributed by atoms with E-state index in [4.69, 9.17) is 0 Å². The summed E-state index contributed by atoms with van der Waals surface area (Å²) in [6.45, 7) is 4.14. The molecule has 1 nitrogen and oxygen atoms in total. The number of hydrogen-bond donors (Lipinski definition) is 1. The zero-order valence-electron chi connectivity index (χ0n) is 9.17. The van der Waals surface area contributed by atoms with Crippen LogP contribution in [-0.2, 0) is 0 Å². The molecular weight excluding hydrogens is 240 g/mol.